The van der Waals surface area contributed by atoms with Gasteiger partial charge in [-0.3, -0.25) is 9.59 Å². The molecule has 0 aliphatic rings. The number of carbonyl (C=O) groups excluding carboxylic acids is 3. The minimum atomic E-state index is -4.74. The van der Waals surface area contributed by atoms with E-state index in [4.69, 9.17) is 20.8 Å². The first kappa shape index (κ1) is 23.4. The summed E-state index contributed by atoms with van der Waals surface area (Å²) in [5.74, 6) is -2.27. The lowest BCUT2D eigenvalue weighted by Gasteiger charge is -2.14. The van der Waals surface area contributed by atoms with E-state index in [-0.39, 0.29) is 15.7 Å². The van der Waals surface area contributed by atoms with Gasteiger partial charge < -0.3 is 19.8 Å². The Morgan fingerprint density at radius 2 is 1.91 bits per heavy atom. The van der Waals surface area contributed by atoms with Gasteiger partial charge in [0, 0.05) is 5.02 Å². The van der Waals surface area contributed by atoms with Gasteiger partial charge in [0.25, 0.3) is 11.8 Å². The van der Waals surface area contributed by atoms with Crippen molar-refractivity contribution in [3.8, 4) is 0 Å². The zero-order valence-corrected chi connectivity index (χ0v) is 17.8. The van der Waals surface area contributed by atoms with Crippen LogP contribution in [0.1, 0.15) is 31.4 Å². The molecular weight excluding hydrogens is 473 g/mol. The zero-order valence-electron chi connectivity index (χ0n) is 16.2. The first-order chi connectivity index (χ1) is 15.0. The van der Waals surface area contributed by atoms with Crippen LogP contribution in [0.4, 0.5) is 23.9 Å². The lowest BCUT2D eigenvalue weighted by atomic mass is 10.1. The first-order valence-corrected chi connectivity index (χ1v) is 10.0. The van der Waals surface area contributed by atoms with Gasteiger partial charge in [0.15, 0.2) is 12.4 Å². The van der Waals surface area contributed by atoms with E-state index < -0.39 is 41.8 Å². The van der Waals surface area contributed by atoms with Crippen LogP contribution in [0.3, 0.4) is 0 Å². The molecule has 0 saturated carbocycles. The summed E-state index contributed by atoms with van der Waals surface area (Å²) in [5.41, 5.74) is -1.17. The van der Waals surface area contributed by atoms with Gasteiger partial charge in [-0.1, -0.05) is 11.6 Å². The number of hydrogen-bond acceptors (Lipinski definition) is 6. The predicted molar refractivity (Wildman–Crippen MR) is 111 cm³/mol. The van der Waals surface area contributed by atoms with Crippen molar-refractivity contribution < 1.29 is 36.7 Å². The summed E-state index contributed by atoms with van der Waals surface area (Å²) in [4.78, 5) is 36.5. The van der Waals surface area contributed by atoms with Gasteiger partial charge in [0.2, 0.25) is 0 Å². The Labute approximate surface area is 188 Å². The van der Waals surface area contributed by atoms with Crippen LogP contribution in [-0.4, -0.2) is 24.4 Å². The van der Waals surface area contributed by atoms with Crippen LogP contribution in [-0.2, 0) is 15.7 Å². The summed E-state index contributed by atoms with van der Waals surface area (Å²) in [6, 6.07) is 7.41. The average molecular weight is 487 g/mol. The molecule has 2 amide bonds. The van der Waals surface area contributed by atoms with E-state index in [9.17, 15) is 27.6 Å². The molecule has 2 aromatic heterocycles. The highest BCUT2D eigenvalue weighted by atomic mass is 35.5. The third-order valence-corrected chi connectivity index (χ3v) is 5.35. The molecule has 0 atom stereocenters. The van der Waals surface area contributed by atoms with Gasteiger partial charge >= 0.3 is 12.1 Å². The quantitative estimate of drug-likeness (QED) is 0.456. The maximum absolute atomic E-state index is 13.1. The fraction of sp³-hybridized carbons (Fsp3) is 0.150. The molecule has 2 N–H and O–H groups in total. The standard InChI is InChI=1S/C20H14ClF3N2O5S/c1-10-7-16(26-18(28)14-3-2-6-30-14)32-17(10)19(29)31-9-15(27)25-13-5-4-11(21)8-12(13)20(22,23)24/h2-8H,9H2,1H3,(H,25,27)(H,26,28). The average Bonchev–Trinajstić information content (AvgIpc) is 3.37. The molecule has 32 heavy (non-hydrogen) atoms. The normalized spacial score (nSPS) is 11.2. The second-order valence-electron chi connectivity index (χ2n) is 6.37. The number of esters is 1. The topological polar surface area (TPSA) is 97.6 Å². The third-order valence-electron chi connectivity index (χ3n) is 3.98. The molecule has 0 aliphatic carbocycles. The molecule has 1 aromatic carbocycles. The molecule has 0 radical (unpaired) electrons. The molecular formula is C20H14ClF3N2O5S. The summed E-state index contributed by atoms with van der Waals surface area (Å²) in [6.07, 6.45) is -3.40. The molecule has 12 heteroatoms. The summed E-state index contributed by atoms with van der Waals surface area (Å²) in [7, 11) is 0. The fourth-order valence-electron chi connectivity index (χ4n) is 2.57. The largest absolute Gasteiger partial charge is 0.459 e. The Bertz CT molecular complexity index is 1160. The number of nitrogens with one attached hydrogen (secondary N) is 2. The highest BCUT2D eigenvalue weighted by molar-refractivity contribution is 7.18. The minimum absolute atomic E-state index is 0.0808. The van der Waals surface area contributed by atoms with Gasteiger partial charge in [0.1, 0.15) is 4.88 Å². The monoisotopic (exact) mass is 486 g/mol. The van der Waals surface area contributed by atoms with Crippen LogP contribution < -0.4 is 10.6 Å². The molecule has 7 nitrogen and oxygen atoms in total. The number of furan rings is 1. The van der Waals surface area contributed by atoms with Crippen molar-refractivity contribution in [1.82, 2.24) is 0 Å². The third kappa shape index (κ3) is 5.68. The van der Waals surface area contributed by atoms with E-state index in [1.807, 2.05) is 0 Å². The lowest BCUT2D eigenvalue weighted by Crippen LogP contribution is -2.22. The molecule has 3 aromatic rings. The molecule has 2 heterocycles. The van der Waals surface area contributed by atoms with E-state index in [2.05, 4.69) is 10.6 Å². The molecule has 168 valence electrons. The highest BCUT2D eigenvalue weighted by Gasteiger charge is 2.34. The Morgan fingerprint density at radius 3 is 2.56 bits per heavy atom. The second-order valence-corrected chi connectivity index (χ2v) is 7.85. The van der Waals surface area contributed by atoms with Gasteiger partial charge in [-0.25, -0.2) is 4.79 Å². The molecule has 0 saturated heterocycles. The number of anilines is 2. The van der Waals surface area contributed by atoms with Gasteiger partial charge in [-0.2, -0.15) is 13.2 Å². The summed E-state index contributed by atoms with van der Waals surface area (Å²) in [6.45, 7) is 0.781. The number of thiophene rings is 1. The molecule has 3 rings (SSSR count). The maximum Gasteiger partial charge on any atom is 0.418 e. The van der Waals surface area contributed by atoms with Crippen molar-refractivity contribution in [2.24, 2.45) is 0 Å². The van der Waals surface area contributed by atoms with Crippen molar-refractivity contribution in [3.63, 3.8) is 0 Å². The smallest absolute Gasteiger partial charge is 0.418 e. The fourth-order valence-corrected chi connectivity index (χ4v) is 3.70. The van der Waals surface area contributed by atoms with Crippen molar-refractivity contribution in [2.75, 3.05) is 17.2 Å². The predicted octanol–water partition coefficient (Wildman–Crippen LogP) is 5.37. The number of aryl methyl sites for hydroxylation is 1. The molecule has 0 spiro atoms. The maximum atomic E-state index is 13.1. The van der Waals surface area contributed by atoms with Crippen molar-refractivity contribution in [3.05, 3.63) is 69.4 Å². The van der Waals surface area contributed by atoms with Crippen molar-refractivity contribution >= 4 is 51.4 Å². The van der Waals surface area contributed by atoms with E-state index in [0.29, 0.717) is 16.6 Å². The van der Waals surface area contributed by atoms with Crippen LogP contribution in [0.5, 0.6) is 0 Å². The summed E-state index contributed by atoms with van der Waals surface area (Å²) < 4.78 is 49.2. The van der Waals surface area contributed by atoms with Gasteiger partial charge in [-0.05, 0) is 48.9 Å². The van der Waals surface area contributed by atoms with Crippen molar-refractivity contribution in [1.29, 1.82) is 0 Å². The Morgan fingerprint density at radius 1 is 1.16 bits per heavy atom. The van der Waals surface area contributed by atoms with E-state index >= 15 is 0 Å². The number of rotatable bonds is 6. The second kappa shape index (κ2) is 9.45. The highest BCUT2D eigenvalue weighted by Crippen LogP contribution is 2.36. The minimum Gasteiger partial charge on any atom is -0.459 e. The van der Waals surface area contributed by atoms with E-state index in [0.717, 1.165) is 17.4 Å². The number of carbonyl (C=O) groups is 3. The summed E-state index contributed by atoms with van der Waals surface area (Å²) >= 11 is 6.51. The van der Waals surface area contributed by atoms with Crippen LogP contribution in [0.15, 0.2) is 47.1 Å². The number of ether oxygens (including phenoxy) is 1. The van der Waals surface area contributed by atoms with Crippen molar-refractivity contribution in [2.45, 2.75) is 13.1 Å². The number of amides is 2. The molecule has 0 fully saturated rings. The van der Waals surface area contributed by atoms with Crippen LogP contribution in [0.25, 0.3) is 0 Å². The Hall–Kier alpha value is -3.31. The zero-order chi connectivity index (χ0) is 23.5. The molecule has 0 unspecified atom stereocenters. The van der Waals surface area contributed by atoms with Crippen LogP contribution >= 0.6 is 22.9 Å². The number of benzene rings is 1. The van der Waals surface area contributed by atoms with Crippen LogP contribution in [0, 0.1) is 6.92 Å². The first-order valence-electron chi connectivity index (χ1n) is 8.83. The van der Waals surface area contributed by atoms with E-state index in [1.54, 1.807) is 13.0 Å². The van der Waals surface area contributed by atoms with Gasteiger partial charge in [0.05, 0.1) is 22.5 Å². The molecule has 0 aliphatic heterocycles. The Kier molecular flexibility index (Phi) is 6.90. The van der Waals surface area contributed by atoms with Gasteiger partial charge in [-0.15, -0.1) is 11.3 Å². The number of halogens is 4. The number of alkyl halides is 3. The summed E-state index contributed by atoms with van der Waals surface area (Å²) in [5, 5.41) is 4.81. The SMILES string of the molecule is Cc1cc(NC(=O)c2ccco2)sc1C(=O)OCC(=O)Nc1ccc(Cl)cc1C(F)(F)F. The van der Waals surface area contributed by atoms with E-state index in [1.165, 1.54) is 24.5 Å². The number of hydrogen-bond donors (Lipinski definition) is 2. The lowest BCUT2D eigenvalue weighted by molar-refractivity contribution is -0.137. The van der Waals surface area contributed by atoms with Crippen LogP contribution in [0.2, 0.25) is 5.02 Å². The molecule has 0 bridgehead atoms. The Balaban J connectivity index is 1.61.